The van der Waals surface area contributed by atoms with Crippen LogP contribution in [0.3, 0.4) is 0 Å². The lowest BCUT2D eigenvalue weighted by atomic mass is 10.1. The number of sulfone groups is 1. The minimum Gasteiger partial charge on any atom is -0.293 e. The van der Waals surface area contributed by atoms with Gasteiger partial charge in [0.2, 0.25) is 0 Å². The molecule has 2 rings (SSSR count). The van der Waals surface area contributed by atoms with Crippen molar-refractivity contribution in [3.05, 3.63) is 70.5 Å². The molecular formula is C15H12ClFO3S. The number of ketones is 1. The highest BCUT2D eigenvalue weighted by atomic mass is 35.5. The van der Waals surface area contributed by atoms with E-state index in [4.69, 9.17) is 11.6 Å². The van der Waals surface area contributed by atoms with Crippen LogP contribution in [-0.2, 0) is 15.6 Å². The molecule has 0 aliphatic rings. The number of hydrogen-bond acceptors (Lipinski definition) is 3. The normalized spacial score (nSPS) is 11.3. The van der Waals surface area contributed by atoms with Crippen LogP contribution in [-0.4, -0.2) is 20.0 Å². The van der Waals surface area contributed by atoms with E-state index in [2.05, 4.69) is 0 Å². The number of carbonyl (C=O) groups is 1. The number of Topliss-reactive ketones (excluding diaryl/α,β-unsaturated/α-hetero) is 1. The molecule has 0 saturated carbocycles. The zero-order valence-electron chi connectivity index (χ0n) is 10.9. The van der Waals surface area contributed by atoms with Gasteiger partial charge in [-0.05, 0) is 29.8 Å². The Hall–Kier alpha value is -1.72. The summed E-state index contributed by atoms with van der Waals surface area (Å²) in [7, 11) is -3.62. The summed E-state index contributed by atoms with van der Waals surface area (Å²) in [5.74, 6) is -2.11. The van der Waals surface area contributed by atoms with E-state index in [-0.39, 0.29) is 11.3 Å². The molecule has 0 aliphatic heterocycles. The van der Waals surface area contributed by atoms with Crippen molar-refractivity contribution in [1.82, 2.24) is 0 Å². The van der Waals surface area contributed by atoms with Crippen molar-refractivity contribution in [1.29, 1.82) is 0 Å². The van der Waals surface area contributed by atoms with E-state index in [0.29, 0.717) is 10.6 Å². The summed E-state index contributed by atoms with van der Waals surface area (Å²) < 4.78 is 37.0. The van der Waals surface area contributed by atoms with Gasteiger partial charge in [-0.15, -0.1) is 0 Å². The first-order valence-electron chi connectivity index (χ1n) is 6.09. The molecule has 0 aliphatic carbocycles. The van der Waals surface area contributed by atoms with Gasteiger partial charge < -0.3 is 0 Å². The average Bonchev–Trinajstić information content (AvgIpc) is 2.40. The molecule has 0 amide bonds. The van der Waals surface area contributed by atoms with Crippen molar-refractivity contribution < 1.29 is 17.6 Å². The molecule has 0 spiro atoms. The summed E-state index contributed by atoms with van der Waals surface area (Å²) in [6.45, 7) is 0. The third kappa shape index (κ3) is 4.65. The molecule has 0 bridgehead atoms. The number of rotatable bonds is 5. The van der Waals surface area contributed by atoms with Crippen molar-refractivity contribution in [2.45, 2.75) is 5.75 Å². The number of carbonyl (C=O) groups excluding carboxylic acids is 1. The Morgan fingerprint density at radius 1 is 1.10 bits per heavy atom. The molecule has 0 atom stereocenters. The van der Waals surface area contributed by atoms with Crippen LogP contribution in [0.2, 0.25) is 5.02 Å². The van der Waals surface area contributed by atoms with Crippen molar-refractivity contribution in [3.8, 4) is 0 Å². The van der Waals surface area contributed by atoms with Crippen LogP contribution >= 0.6 is 11.6 Å². The van der Waals surface area contributed by atoms with Gasteiger partial charge in [-0.1, -0.05) is 35.9 Å². The van der Waals surface area contributed by atoms with Crippen LogP contribution in [0.15, 0.2) is 48.5 Å². The topological polar surface area (TPSA) is 51.2 Å². The van der Waals surface area contributed by atoms with Gasteiger partial charge in [-0.3, -0.25) is 4.79 Å². The van der Waals surface area contributed by atoms with Gasteiger partial charge in [-0.2, -0.15) is 0 Å². The summed E-state index contributed by atoms with van der Waals surface area (Å²) >= 11 is 5.72. The Labute approximate surface area is 127 Å². The molecule has 0 fully saturated rings. The Bertz CT molecular complexity index is 755. The summed E-state index contributed by atoms with van der Waals surface area (Å²) in [6.07, 6.45) is 0. The summed E-state index contributed by atoms with van der Waals surface area (Å²) in [4.78, 5) is 11.9. The van der Waals surface area contributed by atoms with Crippen LogP contribution in [0.5, 0.6) is 0 Å². The third-order valence-corrected chi connectivity index (χ3v) is 4.52. The standard InChI is InChI=1S/C15H12ClFO3S/c16-13-6-4-11(5-7-13)9-21(19,20)10-15(18)12-2-1-3-14(17)8-12/h1-8H,9-10H2. The highest BCUT2D eigenvalue weighted by molar-refractivity contribution is 7.91. The predicted molar refractivity (Wildman–Crippen MR) is 79.7 cm³/mol. The van der Waals surface area contributed by atoms with Gasteiger partial charge in [-0.25, -0.2) is 12.8 Å². The molecular weight excluding hydrogens is 315 g/mol. The molecule has 6 heteroatoms. The monoisotopic (exact) mass is 326 g/mol. The number of hydrogen-bond donors (Lipinski definition) is 0. The second-order valence-electron chi connectivity index (χ2n) is 4.59. The van der Waals surface area contributed by atoms with E-state index in [1.807, 2.05) is 0 Å². The molecule has 0 heterocycles. The third-order valence-electron chi connectivity index (χ3n) is 2.80. The minimum absolute atomic E-state index is 0.0506. The van der Waals surface area contributed by atoms with Crippen molar-refractivity contribution >= 4 is 27.2 Å². The van der Waals surface area contributed by atoms with Gasteiger partial charge in [0, 0.05) is 10.6 Å². The molecule has 2 aromatic carbocycles. The maximum Gasteiger partial charge on any atom is 0.177 e. The smallest absolute Gasteiger partial charge is 0.177 e. The van der Waals surface area contributed by atoms with Gasteiger partial charge in [0.1, 0.15) is 11.6 Å². The van der Waals surface area contributed by atoms with Gasteiger partial charge in [0.25, 0.3) is 0 Å². The van der Waals surface area contributed by atoms with Crippen molar-refractivity contribution in [3.63, 3.8) is 0 Å². The number of halogens is 2. The van der Waals surface area contributed by atoms with E-state index in [1.54, 1.807) is 24.3 Å². The minimum atomic E-state index is -3.62. The average molecular weight is 327 g/mol. The Kier molecular flexibility index (Phi) is 4.75. The highest BCUT2D eigenvalue weighted by Crippen LogP contribution is 2.14. The summed E-state index contributed by atoms with van der Waals surface area (Å²) in [6, 6.07) is 11.3. The maximum absolute atomic E-state index is 13.0. The highest BCUT2D eigenvalue weighted by Gasteiger charge is 2.19. The van der Waals surface area contributed by atoms with Crippen LogP contribution in [0.1, 0.15) is 15.9 Å². The predicted octanol–water partition coefficient (Wildman–Crippen LogP) is 3.28. The van der Waals surface area contributed by atoms with Gasteiger partial charge in [0.05, 0.1) is 5.75 Å². The SMILES string of the molecule is O=C(CS(=O)(=O)Cc1ccc(Cl)cc1)c1cccc(F)c1. The molecule has 0 saturated heterocycles. The van der Waals surface area contributed by atoms with Crippen LogP contribution < -0.4 is 0 Å². The zero-order chi connectivity index (χ0) is 15.5. The fraction of sp³-hybridized carbons (Fsp3) is 0.133. The van der Waals surface area contributed by atoms with E-state index in [9.17, 15) is 17.6 Å². The summed E-state index contributed by atoms with van der Waals surface area (Å²) in [5.41, 5.74) is 0.598. The van der Waals surface area contributed by atoms with Crippen LogP contribution in [0, 0.1) is 5.82 Å². The van der Waals surface area contributed by atoms with E-state index in [0.717, 1.165) is 6.07 Å². The van der Waals surface area contributed by atoms with E-state index >= 15 is 0 Å². The first-order valence-corrected chi connectivity index (χ1v) is 8.29. The number of benzene rings is 2. The fourth-order valence-electron chi connectivity index (χ4n) is 1.83. The van der Waals surface area contributed by atoms with Crippen LogP contribution in [0.4, 0.5) is 4.39 Å². The summed E-state index contributed by atoms with van der Waals surface area (Å²) in [5, 5.41) is 0.506. The molecule has 0 N–H and O–H groups in total. The van der Waals surface area contributed by atoms with Gasteiger partial charge >= 0.3 is 0 Å². The second kappa shape index (κ2) is 6.37. The lowest BCUT2D eigenvalue weighted by Crippen LogP contribution is -2.18. The second-order valence-corrected chi connectivity index (χ2v) is 7.09. The molecule has 3 nitrogen and oxygen atoms in total. The molecule has 2 aromatic rings. The fourth-order valence-corrected chi connectivity index (χ4v) is 3.33. The molecule has 110 valence electrons. The Balaban J connectivity index is 2.10. The largest absolute Gasteiger partial charge is 0.293 e. The molecule has 0 aromatic heterocycles. The molecule has 21 heavy (non-hydrogen) atoms. The van der Waals surface area contributed by atoms with Gasteiger partial charge in [0.15, 0.2) is 15.6 Å². The Morgan fingerprint density at radius 3 is 2.38 bits per heavy atom. The van der Waals surface area contributed by atoms with Crippen LogP contribution in [0.25, 0.3) is 0 Å². The maximum atomic E-state index is 13.0. The molecule has 0 unspecified atom stereocenters. The zero-order valence-corrected chi connectivity index (χ0v) is 12.5. The quantitative estimate of drug-likeness (QED) is 0.792. The molecule has 0 radical (unpaired) electrons. The van der Waals surface area contributed by atoms with E-state index in [1.165, 1.54) is 18.2 Å². The van der Waals surface area contributed by atoms with Crippen molar-refractivity contribution in [2.24, 2.45) is 0 Å². The van der Waals surface area contributed by atoms with E-state index < -0.39 is 27.2 Å². The lowest BCUT2D eigenvalue weighted by Gasteiger charge is -2.05. The lowest BCUT2D eigenvalue weighted by molar-refractivity contribution is 0.102. The Morgan fingerprint density at radius 2 is 1.76 bits per heavy atom. The first kappa shape index (κ1) is 15.7. The van der Waals surface area contributed by atoms with Crippen molar-refractivity contribution in [2.75, 3.05) is 5.75 Å². The first-order chi connectivity index (χ1) is 9.85.